The summed E-state index contributed by atoms with van der Waals surface area (Å²) in [5.41, 5.74) is 5.26. The van der Waals surface area contributed by atoms with Gasteiger partial charge < -0.3 is 10.2 Å². The zero-order valence-corrected chi connectivity index (χ0v) is 22.4. The maximum Gasteiger partial charge on any atom is 0.0613 e. The third-order valence-electron chi connectivity index (χ3n) is 10.4. The normalized spacial score (nSPS) is 42.2. The predicted octanol–water partition coefficient (Wildman–Crippen LogP) is 7.84. The van der Waals surface area contributed by atoms with Gasteiger partial charge in [-0.1, -0.05) is 64.3 Å². The molecule has 0 aromatic rings. The van der Waals surface area contributed by atoms with E-state index in [0.29, 0.717) is 17.8 Å². The molecule has 4 aliphatic rings. The number of unbranched alkanes of at least 4 members (excludes halogenated alkanes) is 1. The van der Waals surface area contributed by atoms with E-state index in [2.05, 4.69) is 47.6 Å². The van der Waals surface area contributed by atoms with Gasteiger partial charge in [0, 0.05) is 5.92 Å². The fraction of sp³-hybridized carbons (Fsp3) is 0.867. The van der Waals surface area contributed by atoms with E-state index in [4.69, 9.17) is 0 Å². The molecule has 0 saturated heterocycles. The van der Waals surface area contributed by atoms with Gasteiger partial charge in [0.15, 0.2) is 0 Å². The number of hydrogen-bond donors (Lipinski definition) is 2. The van der Waals surface area contributed by atoms with Crippen LogP contribution in [0.1, 0.15) is 120 Å². The smallest absolute Gasteiger partial charge is 0.0613 e. The standard InChI is InChI=1S/C28H46O2.C2H6/c1-18(2)9-7-8-10-19-17-22(29)25-20-11-12-23-26(3,4)24(30)14-16-28(23,6)21(20)13-15-27(19,25)5;1-2/h9,19,22-25,29-30H,7-8,10-17H2,1-6H3;1-2H3. The Morgan fingerprint density at radius 2 is 1.69 bits per heavy atom. The molecule has 0 spiro atoms. The number of fused-ring (bicyclic) bond motifs is 4. The largest absolute Gasteiger partial charge is 0.393 e. The van der Waals surface area contributed by atoms with Gasteiger partial charge in [-0.15, -0.1) is 0 Å². The highest BCUT2D eigenvalue weighted by Crippen LogP contribution is 2.67. The van der Waals surface area contributed by atoms with Crippen molar-refractivity contribution in [3.8, 4) is 0 Å². The quantitative estimate of drug-likeness (QED) is 0.342. The van der Waals surface area contributed by atoms with E-state index in [1.54, 1.807) is 11.1 Å². The van der Waals surface area contributed by atoms with Crippen LogP contribution in [0.25, 0.3) is 0 Å². The van der Waals surface area contributed by atoms with Crippen LogP contribution in [0, 0.1) is 34.0 Å². The van der Waals surface area contributed by atoms with Crippen LogP contribution in [0.5, 0.6) is 0 Å². The highest BCUT2D eigenvalue weighted by molar-refractivity contribution is 5.36. The Kier molecular flexibility index (Phi) is 7.78. The van der Waals surface area contributed by atoms with Gasteiger partial charge in [-0.3, -0.25) is 0 Å². The van der Waals surface area contributed by atoms with Crippen molar-refractivity contribution in [2.24, 2.45) is 34.0 Å². The topological polar surface area (TPSA) is 40.5 Å². The number of aliphatic hydroxyl groups excluding tert-OH is 2. The minimum Gasteiger partial charge on any atom is -0.393 e. The highest BCUT2D eigenvalue weighted by atomic mass is 16.3. The highest BCUT2D eigenvalue weighted by Gasteiger charge is 2.60. The first-order valence-electron chi connectivity index (χ1n) is 13.7. The van der Waals surface area contributed by atoms with E-state index in [1.807, 2.05) is 13.8 Å². The summed E-state index contributed by atoms with van der Waals surface area (Å²) < 4.78 is 0. The van der Waals surface area contributed by atoms with Crippen LogP contribution >= 0.6 is 0 Å². The second-order valence-corrected chi connectivity index (χ2v) is 12.6. The Hall–Kier alpha value is -0.600. The number of allylic oxidation sites excluding steroid dienone is 3. The Labute approximate surface area is 199 Å². The van der Waals surface area contributed by atoms with Gasteiger partial charge >= 0.3 is 0 Å². The average molecular weight is 445 g/mol. The molecule has 4 rings (SSSR count). The van der Waals surface area contributed by atoms with E-state index in [-0.39, 0.29) is 28.5 Å². The number of aliphatic hydroxyl groups is 2. The molecule has 0 aromatic carbocycles. The average Bonchev–Trinajstić information content (AvgIpc) is 3.00. The summed E-state index contributed by atoms with van der Waals surface area (Å²) in [5.74, 6) is 1.60. The first-order chi connectivity index (χ1) is 15.0. The van der Waals surface area contributed by atoms with Crippen molar-refractivity contribution in [2.45, 2.75) is 132 Å². The molecule has 2 fully saturated rings. The van der Waals surface area contributed by atoms with Crippen LogP contribution in [0.3, 0.4) is 0 Å². The summed E-state index contributed by atoms with van der Waals surface area (Å²) in [6.07, 6.45) is 13.6. The van der Waals surface area contributed by atoms with Crippen molar-refractivity contribution in [1.29, 1.82) is 0 Å². The van der Waals surface area contributed by atoms with Crippen molar-refractivity contribution >= 4 is 0 Å². The molecule has 0 bridgehead atoms. The molecule has 7 unspecified atom stereocenters. The van der Waals surface area contributed by atoms with E-state index >= 15 is 0 Å². The zero-order chi connectivity index (χ0) is 23.9. The molecule has 2 N–H and O–H groups in total. The molecule has 184 valence electrons. The van der Waals surface area contributed by atoms with Crippen molar-refractivity contribution in [1.82, 2.24) is 0 Å². The lowest BCUT2D eigenvalue weighted by molar-refractivity contribution is -0.0939. The molecule has 0 amide bonds. The lowest BCUT2D eigenvalue weighted by Crippen LogP contribution is -2.54. The Morgan fingerprint density at radius 3 is 2.34 bits per heavy atom. The molecule has 2 heteroatoms. The number of hydrogen-bond acceptors (Lipinski definition) is 2. The molecule has 32 heavy (non-hydrogen) atoms. The van der Waals surface area contributed by atoms with E-state index in [1.165, 1.54) is 44.1 Å². The summed E-state index contributed by atoms with van der Waals surface area (Å²) >= 11 is 0. The second-order valence-electron chi connectivity index (χ2n) is 12.6. The molecule has 2 saturated carbocycles. The lowest BCUT2D eigenvalue weighted by Gasteiger charge is -2.60. The van der Waals surface area contributed by atoms with Gasteiger partial charge in [-0.2, -0.15) is 0 Å². The maximum absolute atomic E-state index is 11.3. The van der Waals surface area contributed by atoms with Crippen LogP contribution in [-0.4, -0.2) is 22.4 Å². The van der Waals surface area contributed by atoms with Crippen molar-refractivity contribution in [2.75, 3.05) is 0 Å². The molecular weight excluding hydrogens is 392 g/mol. The minimum absolute atomic E-state index is 0.00592. The van der Waals surface area contributed by atoms with E-state index < -0.39 is 0 Å². The van der Waals surface area contributed by atoms with Gasteiger partial charge in [0.25, 0.3) is 0 Å². The molecule has 0 aliphatic heterocycles. The van der Waals surface area contributed by atoms with E-state index in [0.717, 1.165) is 25.7 Å². The first kappa shape index (κ1) is 26.0. The van der Waals surface area contributed by atoms with Crippen LogP contribution < -0.4 is 0 Å². The molecule has 0 heterocycles. The van der Waals surface area contributed by atoms with Crippen LogP contribution in [0.15, 0.2) is 22.8 Å². The van der Waals surface area contributed by atoms with E-state index in [9.17, 15) is 10.2 Å². The fourth-order valence-electron chi connectivity index (χ4n) is 8.67. The summed E-state index contributed by atoms with van der Waals surface area (Å²) in [7, 11) is 0. The van der Waals surface area contributed by atoms with Crippen molar-refractivity contribution in [3.05, 3.63) is 22.8 Å². The molecule has 0 radical (unpaired) electrons. The summed E-state index contributed by atoms with van der Waals surface area (Å²) in [6.45, 7) is 18.0. The van der Waals surface area contributed by atoms with Gasteiger partial charge in [-0.25, -0.2) is 0 Å². The Morgan fingerprint density at radius 1 is 1.00 bits per heavy atom. The first-order valence-corrected chi connectivity index (χ1v) is 13.7. The Bertz CT molecular complexity index is 727. The van der Waals surface area contributed by atoms with Crippen LogP contribution in [0.2, 0.25) is 0 Å². The monoisotopic (exact) mass is 444 g/mol. The third-order valence-corrected chi connectivity index (χ3v) is 10.4. The molecule has 7 atom stereocenters. The fourth-order valence-corrected chi connectivity index (χ4v) is 8.67. The Balaban J connectivity index is 0.00000141. The van der Waals surface area contributed by atoms with Gasteiger partial charge in [-0.05, 0) is 106 Å². The summed E-state index contributed by atoms with van der Waals surface area (Å²) in [4.78, 5) is 0. The zero-order valence-electron chi connectivity index (χ0n) is 22.4. The number of rotatable bonds is 4. The molecular formula is C30H52O2. The molecule has 0 aromatic heterocycles. The van der Waals surface area contributed by atoms with Crippen LogP contribution in [-0.2, 0) is 0 Å². The second kappa shape index (κ2) is 9.57. The summed E-state index contributed by atoms with van der Waals surface area (Å²) in [5, 5.41) is 22.0. The predicted molar refractivity (Wildman–Crippen MR) is 136 cm³/mol. The summed E-state index contributed by atoms with van der Waals surface area (Å²) in [6, 6.07) is 0. The van der Waals surface area contributed by atoms with Gasteiger partial charge in [0.2, 0.25) is 0 Å². The minimum atomic E-state index is -0.172. The van der Waals surface area contributed by atoms with Crippen molar-refractivity contribution in [3.63, 3.8) is 0 Å². The van der Waals surface area contributed by atoms with Crippen LogP contribution in [0.4, 0.5) is 0 Å². The molecule has 4 aliphatic carbocycles. The molecule has 2 nitrogen and oxygen atoms in total. The third kappa shape index (κ3) is 4.17. The SMILES string of the molecule is CC.CC(C)=CCCCC1CC(O)C2C3=C(CCC12C)C1(C)CCC(O)C(C)(C)C1CC3. The van der Waals surface area contributed by atoms with Gasteiger partial charge in [0.05, 0.1) is 12.2 Å². The van der Waals surface area contributed by atoms with Gasteiger partial charge in [0.1, 0.15) is 0 Å². The maximum atomic E-state index is 11.3. The van der Waals surface area contributed by atoms with Crippen molar-refractivity contribution < 1.29 is 10.2 Å². The lowest BCUT2D eigenvalue weighted by atomic mass is 9.46.